The molecule has 0 bridgehead atoms. The Bertz CT molecular complexity index is 449. The van der Waals surface area contributed by atoms with E-state index in [1.165, 1.54) is 0 Å². The third-order valence-electron chi connectivity index (χ3n) is 3.01. The standard InChI is InChI=1S/C12H12F3NO2/c13-9-3-7(4-10(14)11(9)15)12(18)16-5-6-1-8(17)2-6/h3-4,6,8,17H,1-2,5H2,(H,16,18). The summed E-state index contributed by atoms with van der Waals surface area (Å²) in [6.45, 7) is 0.330. The Hall–Kier alpha value is -1.56. The lowest BCUT2D eigenvalue weighted by molar-refractivity contribution is 0.0420. The van der Waals surface area contributed by atoms with Gasteiger partial charge in [0.2, 0.25) is 0 Å². The highest BCUT2D eigenvalue weighted by Gasteiger charge is 2.27. The van der Waals surface area contributed by atoms with E-state index < -0.39 is 23.4 Å². The number of nitrogens with one attached hydrogen (secondary N) is 1. The van der Waals surface area contributed by atoms with Crippen LogP contribution in [0.1, 0.15) is 23.2 Å². The van der Waals surface area contributed by atoms with Gasteiger partial charge in [-0.1, -0.05) is 0 Å². The minimum atomic E-state index is -1.59. The Labute approximate surface area is 102 Å². The zero-order chi connectivity index (χ0) is 13.3. The monoisotopic (exact) mass is 259 g/mol. The van der Waals surface area contributed by atoms with Crippen LogP contribution in [-0.4, -0.2) is 23.7 Å². The van der Waals surface area contributed by atoms with E-state index in [0.717, 1.165) is 0 Å². The number of rotatable bonds is 3. The first kappa shape index (κ1) is 12.9. The molecule has 0 spiro atoms. The molecule has 0 radical (unpaired) electrons. The predicted octanol–water partition coefficient (Wildman–Crippen LogP) is 1.60. The Morgan fingerprint density at radius 2 is 1.83 bits per heavy atom. The molecule has 0 unspecified atom stereocenters. The van der Waals surface area contributed by atoms with E-state index in [9.17, 15) is 18.0 Å². The highest BCUT2D eigenvalue weighted by atomic mass is 19.2. The first-order chi connectivity index (χ1) is 8.47. The van der Waals surface area contributed by atoms with E-state index in [-0.39, 0.29) is 17.6 Å². The van der Waals surface area contributed by atoms with Gasteiger partial charge in [-0.2, -0.15) is 0 Å². The number of aliphatic hydroxyl groups is 1. The summed E-state index contributed by atoms with van der Waals surface area (Å²) in [5, 5.41) is 11.5. The SMILES string of the molecule is O=C(NCC1CC(O)C1)c1cc(F)c(F)c(F)c1. The Morgan fingerprint density at radius 1 is 1.28 bits per heavy atom. The van der Waals surface area contributed by atoms with Gasteiger partial charge < -0.3 is 10.4 Å². The summed E-state index contributed by atoms with van der Waals surface area (Å²) in [5.41, 5.74) is -0.258. The normalized spacial score (nSPS) is 22.4. The molecule has 1 fully saturated rings. The van der Waals surface area contributed by atoms with Crippen molar-refractivity contribution in [1.82, 2.24) is 5.32 Å². The molecule has 18 heavy (non-hydrogen) atoms. The third kappa shape index (κ3) is 2.64. The van der Waals surface area contributed by atoms with Crippen LogP contribution < -0.4 is 5.32 Å². The number of carbonyl (C=O) groups is 1. The van der Waals surface area contributed by atoms with Crippen molar-refractivity contribution < 1.29 is 23.1 Å². The number of hydrogen-bond acceptors (Lipinski definition) is 2. The second kappa shape index (κ2) is 4.97. The van der Waals surface area contributed by atoms with E-state index in [0.29, 0.717) is 31.5 Å². The van der Waals surface area contributed by atoms with E-state index >= 15 is 0 Å². The second-order valence-corrected chi connectivity index (χ2v) is 4.46. The topological polar surface area (TPSA) is 49.3 Å². The molecule has 3 nitrogen and oxygen atoms in total. The first-order valence-electron chi connectivity index (χ1n) is 5.58. The van der Waals surface area contributed by atoms with Gasteiger partial charge in [-0.3, -0.25) is 4.79 Å². The van der Waals surface area contributed by atoms with Gasteiger partial charge in [0, 0.05) is 12.1 Å². The molecule has 0 atom stereocenters. The van der Waals surface area contributed by atoms with Gasteiger partial charge in [0.15, 0.2) is 17.5 Å². The molecule has 0 aliphatic heterocycles. The van der Waals surface area contributed by atoms with Crippen LogP contribution in [0, 0.1) is 23.4 Å². The lowest BCUT2D eigenvalue weighted by Gasteiger charge is -2.31. The average molecular weight is 259 g/mol. The molecule has 1 amide bonds. The molecule has 0 heterocycles. The number of benzene rings is 1. The molecule has 1 aliphatic carbocycles. The summed E-state index contributed by atoms with van der Waals surface area (Å²) >= 11 is 0. The molecule has 1 aromatic carbocycles. The largest absolute Gasteiger partial charge is 0.393 e. The first-order valence-corrected chi connectivity index (χ1v) is 5.58. The minimum absolute atomic E-state index is 0.180. The molecule has 2 rings (SSSR count). The lowest BCUT2D eigenvalue weighted by Crippen LogP contribution is -2.38. The molecular weight excluding hydrogens is 247 g/mol. The van der Waals surface area contributed by atoms with Gasteiger partial charge in [0.25, 0.3) is 5.91 Å². The maximum absolute atomic E-state index is 12.9. The molecule has 6 heteroatoms. The van der Waals surface area contributed by atoms with Crippen molar-refractivity contribution in [2.75, 3.05) is 6.54 Å². The minimum Gasteiger partial charge on any atom is -0.393 e. The molecular formula is C12H12F3NO2. The zero-order valence-electron chi connectivity index (χ0n) is 9.42. The average Bonchev–Trinajstić information content (AvgIpc) is 2.29. The van der Waals surface area contributed by atoms with Gasteiger partial charge in [-0.05, 0) is 30.9 Å². The van der Waals surface area contributed by atoms with Crippen molar-refractivity contribution in [3.63, 3.8) is 0 Å². The highest BCUT2D eigenvalue weighted by molar-refractivity contribution is 5.94. The molecule has 0 saturated heterocycles. The summed E-state index contributed by atoms with van der Waals surface area (Å²) in [6, 6.07) is 1.31. The van der Waals surface area contributed by atoms with Crippen LogP contribution in [-0.2, 0) is 0 Å². The number of hydrogen-bond donors (Lipinski definition) is 2. The van der Waals surface area contributed by atoms with Crippen molar-refractivity contribution in [2.24, 2.45) is 5.92 Å². The van der Waals surface area contributed by atoms with Crippen LogP contribution in [0.4, 0.5) is 13.2 Å². The van der Waals surface area contributed by atoms with Gasteiger partial charge in [-0.15, -0.1) is 0 Å². The summed E-state index contributed by atoms with van der Waals surface area (Å²) in [6.07, 6.45) is 0.881. The second-order valence-electron chi connectivity index (χ2n) is 4.46. The van der Waals surface area contributed by atoms with E-state index in [1.54, 1.807) is 0 Å². The van der Waals surface area contributed by atoms with Crippen LogP contribution in [0.3, 0.4) is 0 Å². The molecule has 2 N–H and O–H groups in total. The fourth-order valence-corrected chi connectivity index (χ4v) is 1.89. The fourth-order valence-electron chi connectivity index (χ4n) is 1.89. The quantitative estimate of drug-likeness (QED) is 0.810. The van der Waals surface area contributed by atoms with Crippen molar-refractivity contribution in [3.8, 4) is 0 Å². The maximum Gasteiger partial charge on any atom is 0.251 e. The predicted molar refractivity (Wildman–Crippen MR) is 57.4 cm³/mol. The van der Waals surface area contributed by atoms with Crippen molar-refractivity contribution in [1.29, 1.82) is 0 Å². The van der Waals surface area contributed by atoms with E-state index in [4.69, 9.17) is 5.11 Å². The van der Waals surface area contributed by atoms with Gasteiger partial charge in [0.1, 0.15) is 0 Å². The van der Waals surface area contributed by atoms with Crippen LogP contribution >= 0.6 is 0 Å². The number of aliphatic hydroxyl groups excluding tert-OH is 1. The van der Waals surface area contributed by atoms with Gasteiger partial charge in [-0.25, -0.2) is 13.2 Å². The smallest absolute Gasteiger partial charge is 0.251 e. The van der Waals surface area contributed by atoms with Crippen LogP contribution in [0.5, 0.6) is 0 Å². The molecule has 0 aromatic heterocycles. The van der Waals surface area contributed by atoms with Crippen molar-refractivity contribution >= 4 is 5.91 Å². The van der Waals surface area contributed by atoms with Crippen LogP contribution in [0.15, 0.2) is 12.1 Å². The fraction of sp³-hybridized carbons (Fsp3) is 0.417. The Kier molecular flexibility index (Phi) is 3.56. The molecule has 98 valence electrons. The third-order valence-corrected chi connectivity index (χ3v) is 3.01. The lowest BCUT2D eigenvalue weighted by atomic mass is 9.82. The number of halogens is 3. The zero-order valence-corrected chi connectivity index (χ0v) is 9.42. The number of carbonyl (C=O) groups excluding carboxylic acids is 1. The summed E-state index contributed by atoms with van der Waals surface area (Å²) < 4.78 is 38.5. The molecule has 1 aliphatic rings. The summed E-state index contributed by atoms with van der Waals surface area (Å²) in [5.74, 6) is -4.85. The van der Waals surface area contributed by atoms with Crippen LogP contribution in [0.2, 0.25) is 0 Å². The maximum atomic E-state index is 12.9. The Morgan fingerprint density at radius 3 is 2.33 bits per heavy atom. The van der Waals surface area contributed by atoms with Crippen molar-refractivity contribution in [2.45, 2.75) is 18.9 Å². The van der Waals surface area contributed by atoms with E-state index in [1.807, 2.05) is 0 Å². The summed E-state index contributed by atoms with van der Waals surface area (Å²) in [7, 11) is 0. The molecule has 1 saturated carbocycles. The highest BCUT2D eigenvalue weighted by Crippen LogP contribution is 2.26. The van der Waals surface area contributed by atoms with Crippen LogP contribution in [0.25, 0.3) is 0 Å². The number of amides is 1. The van der Waals surface area contributed by atoms with Gasteiger partial charge in [0.05, 0.1) is 6.10 Å². The Balaban J connectivity index is 1.96. The van der Waals surface area contributed by atoms with E-state index in [2.05, 4.69) is 5.32 Å². The van der Waals surface area contributed by atoms with Crippen molar-refractivity contribution in [3.05, 3.63) is 35.1 Å². The molecule has 1 aromatic rings. The van der Waals surface area contributed by atoms with Gasteiger partial charge >= 0.3 is 0 Å². The summed E-state index contributed by atoms with van der Waals surface area (Å²) in [4.78, 5) is 11.6.